The van der Waals surface area contributed by atoms with E-state index in [1.54, 1.807) is 15.7 Å². The van der Waals surface area contributed by atoms with Crippen molar-refractivity contribution in [2.24, 2.45) is 4.99 Å². The van der Waals surface area contributed by atoms with Crippen LogP contribution in [0.25, 0.3) is 0 Å². The summed E-state index contributed by atoms with van der Waals surface area (Å²) in [5, 5.41) is 3.86. The molecule has 0 spiro atoms. The quantitative estimate of drug-likeness (QED) is 0.507. The second-order valence-corrected chi connectivity index (χ2v) is 7.96. The van der Waals surface area contributed by atoms with Crippen molar-refractivity contribution in [3.05, 3.63) is 108 Å². The van der Waals surface area contributed by atoms with Crippen LogP contribution in [-0.2, 0) is 9.52 Å². The van der Waals surface area contributed by atoms with Gasteiger partial charge in [0.05, 0.1) is 10.9 Å². The summed E-state index contributed by atoms with van der Waals surface area (Å²) in [6, 6.07) is 29.0. The van der Waals surface area contributed by atoms with Crippen LogP contribution < -0.4 is 4.90 Å². The van der Waals surface area contributed by atoms with E-state index in [4.69, 9.17) is 4.99 Å². The fourth-order valence-corrected chi connectivity index (χ4v) is 4.49. The minimum absolute atomic E-state index is 0.471. The van der Waals surface area contributed by atoms with Gasteiger partial charge in [0, 0.05) is 9.52 Å². The van der Waals surface area contributed by atoms with Crippen molar-refractivity contribution in [2.75, 3.05) is 4.90 Å². The number of hydrogen-bond donors (Lipinski definition) is 0. The van der Waals surface area contributed by atoms with E-state index >= 15 is 0 Å². The van der Waals surface area contributed by atoms with E-state index in [1.807, 2.05) is 91.0 Å². The summed E-state index contributed by atoms with van der Waals surface area (Å²) in [5.41, 5.74) is 2.53. The van der Waals surface area contributed by atoms with Crippen LogP contribution in [-0.4, -0.2) is 14.7 Å². The molecule has 1 atom stereocenters. The highest BCUT2D eigenvalue weighted by atomic mass is 32.2. The van der Waals surface area contributed by atoms with Crippen molar-refractivity contribution < 1.29 is 4.21 Å². The fraction of sp³-hybridized carbons (Fsp3) is 0. The van der Waals surface area contributed by atoms with Crippen LogP contribution in [0.4, 0.5) is 11.4 Å². The molecule has 0 radical (unpaired) electrons. The largest absolute Gasteiger partial charge is 0.455 e. The third kappa shape index (κ3) is 3.32. The molecule has 4 rings (SSSR count). The predicted octanol–water partition coefficient (Wildman–Crippen LogP) is 4.60. The van der Waals surface area contributed by atoms with Crippen molar-refractivity contribution in [3.8, 4) is 0 Å². The molecule has 3 nitrogen and oxygen atoms in total. The minimum atomic E-state index is -2.63. The molecule has 1 aliphatic heterocycles. The van der Waals surface area contributed by atoms with E-state index in [1.165, 1.54) is 0 Å². The Bertz CT molecular complexity index is 1060. The summed E-state index contributed by atoms with van der Waals surface area (Å²) in [6.07, 6.45) is 3.12. The molecule has 0 fully saturated rings. The molecule has 4 heteroatoms. The highest BCUT2D eigenvalue weighted by Gasteiger charge is 2.18. The van der Waals surface area contributed by atoms with E-state index in [9.17, 15) is 4.21 Å². The molecular weight excluding hydrogens is 340 g/mol. The van der Waals surface area contributed by atoms with Gasteiger partial charge in [-0.3, -0.25) is 9.20 Å². The number of benzene rings is 3. The van der Waals surface area contributed by atoms with Crippen LogP contribution >= 0.6 is 0 Å². The number of anilines is 1. The second-order valence-electron chi connectivity index (χ2n) is 5.82. The van der Waals surface area contributed by atoms with Gasteiger partial charge in [-0.15, -0.1) is 0 Å². The first kappa shape index (κ1) is 16.4. The van der Waals surface area contributed by atoms with Crippen molar-refractivity contribution >= 4 is 31.4 Å². The average Bonchev–Trinajstić information content (AvgIpc) is 3.00. The molecule has 0 saturated heterocycles. The van der Waals surface area contributed by atoms with Gasteiger partial charge >= 0.3 is 0 Å². The van der Waals surface area contributed by atoms with E-state index in [0.717, 1.165) is 16.9 Å². The van der Waals surface area contributed by atoms with E-state index in [2.05, 4.69) is 6.20 Å². The Balaban J connectivity index is 1.87. The van der Waals surface area contributed by atoms with Crippen LogP contribution in [0.5, 0.6) is 0 Å². The maximum atomic E-state index is 13.7. The molecule has 0 saturated carbocycles. The van der Waals surface area contributed by atoms with E-state index in [0.29, 0.717) is 5.17 Å². The lowest BCUT2D eigenvalue weighted by Gasteiger charge is -2.29. The van der Waals surface area contributed by atoms with Gasteiger partial charge in [0.25, 0.3) is 0 Å². The summed E-state index contributed by atoms with van der Waals surface area (Å²) in [4.78, 5) is 6.48. The maximum absolute atomic E-state index is 13.7. The number of para-hydroxylation sites is 2. The molecule has 26 heavy (non-hydrogen) atoms. The van der Waals surface area contributed by atoms with Crippen molar-refractivity contribution in [3.63, 3.8) is 0 Å². The molecule has 0 aliphatic carbocycles. The summed E-state index contributed by atoms with van der Waals surface area (Å²) in [7, 11) is -2.63. The smallest absolute Gasteiger partial charge is 0.0891 e. The van der Waals surface area contributed by atoms with Gasteiger partial charge in [0.1, 0.15) is 0 Å². The molecule has 1 aliphatic rings. The Hall–Kier alpha value is -3.11. The first-order valence-corrected chi connectivity index (χ1v) is 9.95. The van der Waals surface area contributed by atoms with Crippen LogP contribution in [0.15, 0.2) is 101 Å². The van der Waals surface area contributed by atoms with Gasteiger partial charge in [-0.25, -0.2) is 0 Å². The van der Waals surface area contributed by atoms with Crippen LogP contribution in [0.1, 0.15) is 5.56 Å². The minimum Gasteiger partial charge on any atom is -0.455 e. The molecule has 0 N–H and O–H groups in total. The lowest BCUT2D eigenvalue weighted by molar-refractivity contribution is 0.693. The van der Waals surface area contributed by atoms with Crippen LogP contribution in [0, 0.1) is 6.20 Å². The molecule has 0 aromatic heterocycles. The fourth-order valence-electron chi connectivity index (χ4n) is 2.70. The van der Waals surface area contributed by atoms with Gasteiger partial charge in [0.15, 0.2) is 0 Å². The molecule has 1 unspecified atom stereocenters. The third-order valence-corrected chi connectivity index (χ3v) is 5.86. The molecule has 3 aromatic rings. The number of rotatable bonds is 3. The molecule has 0 bridgehead atoms. The molecule has 3 aromatic carbocycles. The lowest BCUT2D eigenvalue weighted by Crippen LogP contribution is -2.27. The standard InChI is InChI=1S/C22H17N2OS/c25-26(18-19-10-4-1-5-11-19)17-16-24(21-14-8-3-9-15-21)22(26)23-20-12-6-2-7-13-20/h1-15,17-18H/q-1. The topological polar surface area (TPSA) is 32.7 Å². The zero-order valence-electron chi connectivity index (χ0n) is 14.0. The zero-order valence-corrected chi connectivity index (χ0v) is 14.8. The van der Waals surface area contributed by atoms with Crippen LogP contribution in [0.2, 0.25) is 0 Å². The predicted molar refractivity (Wildman–Crippen MR) is 110 cm³/mol. The van der Waals surface area contributed by atoms with Gasteiger partial charge in [0.2, 0.25) is 0 Å². The Morgan fingerprint density at radius 1 is 0.808 bits per heavy atom. The molecule has 1 heterocycles. The molecular formula is C22H17N2OS-. The highest BCUT2D eigenvalue weighted by Crippen LogP contribution is 2.25. The van der Waals surface area contributed by atoms with E-state index < -0.39 is 9.52 Å². The summed E-state index contributed by atoms with van der Waals surface area (Å²) < 4.78 is 13.7. The Kier molecular flexibility index (Phi) is 4.42. The zero-order chi connectivity index (χ0) is 17.8. The first-order chi connectivity index (χ1) is 12.7. The summed E-state index contributed by atoms with van der Waals surface area (Å²) >= 11 is 0. The SMILES string of the molecule is O=S1(=Cc2ccccc2)C=[C-]N(c2ccccc2)C1=Nc1ccccc1. The molecule has 0 amide bonds. The van der Waals surface area contributed by atoms with Crippen molar-refractivity contribution in [2.45, 2.75) is 0 Å². The third-order valence-electron chi connectivity index (χ3n) is 3.94. The van der Waals surface area contributed by atoms with Gasteiger partial charge in [-0.1, -0.05) is 96.2 Å². The monoisotopic (exact) mass is 357 g/mol. The first-order valence-electron chi connectivity index (χ1n) is 8.27. The lowest BCUT2D eigenvalue weighted by atomic mass is 10.2. The van der Waals surface area contributed by atoms with Gasteiger partial charge in [-0.2, -0.15) is 0 Å². The number of amidine groups is 1. The second kappa shape index (κ2) is 7.02. The number of aliphatic imine (C=N–C) groups is 1. The summed E-state index contributed by atoms with van der Waals surface area (Å²) in [5.74, 6) is 0. The normalized spacial score (nSPS) is 20.5. The highest BCUT2D eigenvalue weighted by molar-refractivity contribution is 8.18. The van der Waals surface area contributed by atoms with Gasteiger partial charge < -0.3 is 4.90 Å². The maximum Gasteiger partial charge on any atom is 0.0891 e. The van der Waals surface area contributed by atoms with Crippen molar-refractivity contribution in [1.29, 1.82) is 0 Å². The van der Waals surface area contributed by atoms with Gasteiger partial charge in [-0.05, 0) is 23.1 Å². The average molecular weight is 357 g/mol. The number of nitrogens with zero attached hydrogens (tertiary/aromatic N) is 2. The Labute approximate surface area is 154 Å². The number of hydrogen-bond acceptors (Lipinski definition) is 2. The van der Waals surface area contributed by atoms with Crippen molar-refractivity contribution in [1.82, 2.24) is 0 Å². The van der Waals surface area contributed by atoms with Crippen LogP contribution in [0.3, 0.4) is 0 Å². The molecule has 128 valence electrons. The van der Waals surface area contributed by atoms with E-state index in [-0.39, 0.29) is 0 Å². The Morgan fingerprint density at radius 2 is 1.38 bits per heavy atom. The Morgan fingerprint density at radius 3 is 2.04 bits per heavy atom. The summed E-state index contributed by atoms with van der Waals surface area (Å²) in [6.45, 7) is 0.